The monoisotopic (exact) mass is 300 g/mol. The third-order valence-electron chi connectivity index (χ3n) is 4.48. The van der Waals surface area contributed by atoms with E-state index < -0.39 is 0 Å². The molecule has 1 aromatic carbocycles. The Kier molecular flexibility index (Phi) is 5.04. The van der Waals surface area contributed by atoms with Crippen LogP contribution < -0.4 is 5.73 Å². The van der Waals surface area contributed by atoms with Crippen molar-refractivity contribution in [3.63, 3.8) is 0 Å². The first-order valence-corrected chi connectivity index (χ1v) is 8.94. The predicted molar refractivity (Wildman–Crippen MR) is 90.4 cm³/mol. The van der Waals surface area contributed by atoms with E-state index in [1.165, 1.54) is 42.7 Å². The van der Waals surface area contributed by atoms with Gasteiger partial charge in [-0.15, -0.1) is 11.3 Å². The maximum atomic E-state index is 6.30. The zero-order valence-corrected chi connectivity index (χ0v) is 13.3. The van der Waals surface area contributed by atoms with Crippen molar-refractivity contribution >= 4 is 11.3 Å². The molecule has 2 nitrogen and oxygen atoms in total. The average molecular weight is 300 g/mol. The normalized spacial score (nSPS) is 17.2. The minimum atomic E-state index is 0.264. The minimum absolute atomic E-state index is 0.264. The maximum absolute atomic E-state index is 6.30. The Bertz CT molecular complexity index is 543. The molecule has 0 spiro atoms. The Hall–Kier alpha value is -1.19. The van der Waals surface area contributed by atoms with E-state index in [1.54, 1.807) is 11.3 Å². The second-order valence-corrected chi connectivity index (χ2v) is 7.13. The number of thiazole rings is 1. The Morgan fingerprint density at radius 1 is 1.19 bits per heavy atom. The van der Waals surface area contributed by atoms with Gasteiger partial charge in [-0.3, -0.25) is 0 Å². The van der Waals surface area contributed by atoms with E-state index in [0.717, 1.165) is 24.5 Å². The Morgan fingerprint density at radius 3 is 2.71 bits per heavy atom. The fourth-order valence-electron chi connectivity index (χ4n) is 3.22. The lowest BCUT2D eigenvalue weighted by Gasteiger charge is -2.13. The number of hydrogen-bond donors (Lipinski definition) is 1. The standard InChI is InChI=1S/C18H24N2S/c19-16(11-10-14-6-4-5-7-14)12-18-20-17(13-21-18)15-8-2-1-3-9-15/h1-3,8-9,13-14,16H,4-7,10-12,19H2. The van der Waals surface area contributed by atoms with E-state index in [2.05, 4.69) is 29.6 Å². The van der Waals surface area contributed by atoms with Crippen molar-refractivity contribution in [1.82, 2.24) is 4.98 Å². The first kappa shape index (κ1) is 14.7. The van der Waals surface area contributed by atoms with Crippen LogP contribution in [0.3, 0.4) is 0 Å². The molecule has 3 heteroatoms. The highest BCUT2D eigenvalue weighted by atomic mass is 32.1. The predicted octanol–water partition coefficient (Wildman–Crippen LogP) is 4.65. The fraction of sp³-hybridized carbons (Fsp3) is 0.500. The van der Waals surface area contributed by atoms with Crippen LogP contribution >= 0.6 is 11.3 Å². The van der Waals surface area contributed by atoms with E-state index in [0.29, 0.717) is 0 Å². The zero-order valence-electron chi connectivity index (χ0n) is 12.5. The third kappa shape index (κ3) is 4.14. The van der Waals surface area contributed by atoms with Gasteiger partial charge in [0, 0.05) is 23.4 Å². The molecule has 1 unspecified atom stereocenters. The van der Waals surface area contributed by atoms with Crippen LogP contribution in [0.2, 0.25) is 0 Å². The molecule has 0 radical (unpaired) electrons. The Balaban J connectivity index is 1.52. The van der Waals surface area contributed by atoms with Gasteiger partial charge in [0.15, 0.2) is 0 Å². The van der Waals surface area contributed by atoms with Gasteiger partial charge < -0.3 is 5.73 Å². The van der Waals surface area contributed by atoms with Crippen molar-refractivity contribution in [1.29, 1.82) is 0 Å². The summed E-state index contributed by atoms with van der Waals surface area (Å²) in [7, 11) is 0. The smallest absolute Gasteiger partial charge is 0.0948 e. The molecule has 3 rings (SSSR count). The van der Waals surface area contributed by atoms with Crippen LogP contribution in [0.15, 0.2) is 35.7 Å². The van der Waals surface area contributed by atoms with Crippen LogP contribution in [0, 0.1) is 5.92 Å². The highest BCUT2D eigenvalue weighted by Crippen LogP contribution is 2.29. The lowest BCUT2D eigenvalue weighted by atomic mass is 9.98. The molecule has 2 aromatic rings. The molecule has 0 bridgehead atoms. The molecule has 1 heterocycles. The first-order chi connectivity index (χ1) is 10.3. The zero-order chi connectivity index (χ0) is 14.5. The summed E-state index contributed by atoms with van der Waals surface area (Å²) in [6, 6.07) is 10.6. The second kappa shape index (κ2) is 7.19. The molecular formula is C18H24N2S. The van der Waals surface area contributed by atoms with Gasteiger partial charge in [0.2, 0.25) is 0 Å². The summed E-state index contributed by atoms with van der Waals surface area (Å²) < 4.78 is 0. The quantitative estimate of drug-likeness (QED) is 0.843. The van der Waals surface area contributed by atoms with Crippen LogP contribution in [-0.2, 0) is 6.42 Å². The van der Waals surface area contributed by atoms with Gasteiger partial charge >= 0.3 is 0 Å². The SMILES string of the molecule is NC(CCC1CCCC1)Cc1nc(-c2ccccc2)cs1. The van der Waals surface area contributed by atoms with Gasteiger partial charge in [-0.2, -0.15) is 0 Å². The first-order valence-electron chi connectivity index (χ1n) is 8.06. The van der Waals surface area contributed by atoms with E-state index >= 15 is 0 Å². The number of hydrogen-bond acceptors (Lipinski definition) is 3. The number of benzene rings is 1. The molecule has 2 N–H and O–H groups in total. The summed E-state index contributed by atoms with van der Waals surface area (Å²) in [4.78, 5) is 4.74. The van der Waals surface area contributed by atoms with Gasteiger partial charge in [-0.25, -0.2) is 4.98 Å². The van der Waals surface area contributed by atoms with E-state index in [9.17, 15) is 0 Å². The summed E-state index contributed by atoms with van der Waals surface area (Å²) in [5, 5.41) is 3.32. The van der Waals surface area contributed by atoms with Crippen molar-refractivity contribution in [2.75, 3.05) is 0 Å². The van der Waals surface area contributed by atoms with Crippen LogP contribution in [0.25, 0.3) is 11.3 Å². The van der Waals surface area contributed by atoms with Gasteiger partial charge in [-0.05, 0) is 18.8 Å². The molecule has 1 fully saturated rings. The van der Waals surface area contributed by atoms with Gasteiger partial charge in [0.05, 0.1) is 10.7 Å². The number of nitrogens with two attached hydrogens (primary N) is 1. The molecule has 1 aromatic heterocycles. The van der Waals surface area contributed by atoms with Crippen molar-refractivity contribution in [2.45, 2.75) is 51.0 Å². The largest absolute Gasteiger partial charge is 0.327 e. The second-order valence-electron chi connectivity index (χ2n) is 6.18. The third-order valence-corrected chi connectivity index (χ3v) is 5.35. The van der Waals surface area contributed by atoms with Crippen LogP contribution in [0.1, 0.15) is 43.5 Å². The molecule has 1 atom stereocenters. The summed E-state index contributed by atoms with van der Waals surface area (Å²) >= 11 is 1.74. The Morgan fingerprint density at radius 2 is 1.95 bits per heavy atom. The Labute approximate surface area is 131 Å². The number of nitrogens with zero attached hydrogens (tertiary/aromatic N) is 1. The number of rotatable bonds is 6. The molecule has 21 heavy (non-hydrogen) atoms. The highest BCUT2D eigenvalue weighted by Gasteiger charge is 2.16. The molecule has 0 amide bonds. The topological polar surface area (TPSA) is 38.9 Å². The van der Waals surface area contributed by atoms with E-state index in [1.807, 2.05) is 6.07 Å². The molecule has 1 aliphatic carbocycles. The molecule has 0 aliphatic heterocycles. The summed E-state index contributed by atoms with van der Waals surface area (Å²) in [5.41, 5.74) is 8.57. The number of aromatic nitrogens is 1. The fourth-order valence-corrected chi connectivity index (χ4v) is 4.12. The van der Waals surface area contributed by atoms with E-state index in [4.69, 9.17) is 10.7 Å². The van der Waals surface area contributed by atoms with Crippen molar-refractivity contribution in [3.8, 4) is 11.3 Å². The van der Waals surface area contributed by atoms with Gasteiger partial charge in [-0.1, -0.05) is 56.0 Å². The van der Waals surface area contributed by atoms with Crippen LogP contribution in [0.4, 0.5) is 0 Å². The molecular weight excluding hydrogens is 276 g/mol. The molecule has 0 saturated heterocycles. The van der Waals surface area contributed by atoms with Crippen molar-refractivity contribution < 1.29 is 0 Å². The average Bonchev–Trinajstić information content (AvgIpc) is 3.17. The van der Waals surface area contributed by atoms with Crippen LogP contribution in [0.5, 0.6) is 0 Å². The van der Waals surface area contributed by atoms with E-state index in [-0.39, 0.29) is 6.04 Å². The van der Waals surface area contributed by atoms with Crippen LogP contribution in [-0.4, -0.2) is 11.0 Å². The lowest BCUT2D eigenvalue weighted by molar-refractivity contribution is 0.447. The van der Waals surface area contributed by atoms with Gasteiger partial charge in [0.25, 0.3) is 0 Å². The summed E-state index contributed by atoms with van der Waals surface area (Å²) in [6.07, 6.45) is 9.05. The van der Waals surface area contributed by atoms with Crippen molar-refractivity contribution in [2.24, 2.45) is 11.7 Å². The summed E-state index contributed by atoms with van der Waals surface area (Å²) in [6.45, 7) is 0. The lowest BCUT2D eigenvalue weighted by Crippen LogP contribution is -2.23. The molecule has 1 saturated carbocycles. The summed E-state index contributed by atoms with van der Waals surface area (Å²) in [5.74, 6) is 0.937. The van der Waals surface area contributed by atoms with Crippen molar-refractivity contribution in [3.05, 3.63) is 40.7 Å². The highest BCUT2D eigenvalue weighted by molar-refractivity contribution is 7.09. The molecule has 112 valence electrons. The van der Waals surface area contributed by atoms with Gasteiger partial charge in [0.1, 0.15) is 0 Å². The maximum Gasteiger partial charge on any atom is 0.0948 e. The minimum Gasteiger partial charge on any atom is -0.327 e. The molecule has 1 aliphatic rings.